The molecule has 4 aromatic rings. The average molecular weight is 515 g/mol. The molecule has 2 heterocycles. The van der Waals surface area contributed by atoms with Crippen LogP contribution in [0, 0.1) is 5.82 Å². The topological polar surface area (TPSA) is 77.4 Å². The highest BCUT2D eigenvalue weighted by atomic mass is 32.2. The molecule has 1 atom stereocenters. The van der Waals surface area contributed by atoms with E-state index < -0.39 is 34.2 Å². The summed E-state index contributed by atoms with van der Waals surface area (Å²) in [7, 11) is -3.16. The first-order valence-corrected chi connectivity index (χ1v) is 13.0. The van der Waals surface area contributed by atoms with Gasteiger partial charge in [0.2, 0.25) is 0 Å². The van der Waals surface area contributed by atoms with E-state index in [0.717, 1.165) is 0 Å². The zero-order valence-electron chi connectivity index (χ0n) is 18.8. The molecule has 186 valence electrons. The number of ether oxygens (including phenoxy) is 1. The van der Waals surface area contributed by atoms with Crippen LogP contribution in [0.5, 0.6) is 5.75 Å². The molecule has 0 radical (unpaired) electrons. The van der Waals surface area contributed by atoms with Gasteiger partial charge in [0.1, 0.15) is 11.6 Å². The van der Waals surface area contributed by atoms with Gasteiger partial charge in [-0.15, -0.1) is 0 Å². The number of alkyl halides is 2. The zero-order chi connectivity index (χ0) is 25.4. The van der Waals surface area contributed by atoms with Crippen LogP contribution in [0.4, 0.5) is 13.2 Å². The first kappa shape index (κ1) is 23.9. The van der Waals surface area contributed by atoms with Gasteiger partial charge in [0, 0.05) is 40.0 Å². The number of benzene rings is 3. The summed E-state index contributed by atoms with van der Waals surface area (Å²) < 4.78 is 69.7. The molecule has 1 aliphatic heterocycles. The van der Waals surface area contributed by atoms with Gasteiger partial charge in [0.15, 0.2) is 9.84 Å². The van der Waals surface area contributed by atoms with Gasteiger partial charge in [-0.1, -0.05) is 24.3 Å². The molecule has 36 heavy (non-hydrogen) atoms. The lowest BCUT2D eigenvalue weighted by Gasteiger charge is -2.12. The van der Waals surface area contributed by atoms with E-state index in [1.165, 1.54) is 18.2 Å². The number of amides is 1. The van der Waals surface area contributed by atoms with Gasteiger partial charge >= 0.3 is 6.61 Å². The van der Waals surface area contributed by atoms with Crippen molar-refractivity contribution in [3.8, 4) is 22.6 Å². The van der Waals surface area contributed by atoms with Crippen molar-refractivity contribution in [2.24, 2.45) is 0 Å². The lowest BCUT2D eigenvalue weighted by Crippen LogP contribution is -2.35. The maximum absolute atomic E-state index is 13.6. The summed E-state index contributed by atoms with van der Waals surface area (Å²) in [6.07, 6.45) is 2.07. The van der Waals surface area contributed by atoms with Crippen LogP contribution in [0.1, 0.15) is 16.8 Å². The third kappa shape index (κ3) is 4.81. The van der Waals surface area contributed by atoms with E-state index in [1.807, 2.05) is 0 Å². The maximum Gasteiger partial charge on any atom is 0.387 e. The summed E-state index contributed by atoms with van der Waals surface area (Å²) in [5, 5.41) is 3.43. The van der Waals surface area contributed by atoms with E-state index in [1.54, 1.807) is 59.3 Å². The summed E-state index contributed by atoms with van der Waals surface area (Å²) in [6, 6.07) is 16.6. The van der Waals surface area contributed by atoms with Crippen molar-refractivity contribution in [2.45, 2.75) is 19.1 Å². The van der Waals surface area contributed by atoms with Crippen molar-refractivity contribution in [3.05, 3.63) is 84.3 Å². The van der Waals surface area contributed by atoms with Gasteiger partial charge in [-0.3, -0.25) is 4.79 Å². The number of hydrogen-bond donors (Lipinski definition) is 1. The Kier molecular flexibility index (Phi) is 6.21. The highest BCUT2D eigenvalue weighted by Gasteiger charge is 2.29. The fraction of sp³-hybridized carbons (Fsp3) is 0.192. The molecule has 6 nitrogen and oxygen atoms in total. The fourth-order valence-corrected chi connectivity index (χ4v) is 6.14. The third-order valence-electron chi connectivity index (χ3n) is 6.13. The van der Waals surface area contributed by atoms with Gasteiger partial charge in [0.05, 0.1) is 17.0 Å². The SMILES string of the molecule is O=C(NC1CCS(=O)(=O)C1)c1ccc2c(-c3ccccc3OC(F)F)cn(-c3ccc(F)cc3)c2c1. The van der Waals surface area contributed by atoms with Gasteiger partial charge in [-0.25, -0.2) is 12.8 Å². The molecule has 1 N–H and O–H groups in total. The second kappa shape index (κ2) is 9.34. The molecule has 1 fully saturated rings. The molecule has 0 saturated carbocycles. The van der Waals surface area contributed by atoms with E-state index in [0.29, 0.717) is 39.7 Å². The Morgan fingerprint density at radius 1 is 1.03 bits per heavy atom. The van der Waals surface area contributed by atoms with Crippen molar-refractivity contribution in [1.82, 2.24) is 9.88 Å². The number of para-hydroxylation sites is 1. The number of sulfone groups is 1. The van der Waals surface area contributed by atoms with E-state index in [4.69, 9.17) is 4.74 Å². The molecular formula is C26H21F3N2O4S. The molecule has 10 heteroatoms. The predicted molar refractivity (Wildman–Crippen MR) is 130 cm³/mol. The van der Waals surface area contributed by atoms with Crippen molar-refractivity contribution in [2.75, 3.05) is 11.5 Å². The van der Waals surface area contributed by atoms with Crippen LogP contribution < -0.4 is 10.1 Å². The molecule has 1 saturated heterocycles. The molecule has 0 aliphatic carbocycles. The maximum atomic E-state index is 13.6. The number of carbonyl (C=O) groups is 1. The fourth-order valence-electron chi connectivity index (χ4n) is 4.46. The Hall–Kier alpha value is -3.79. The van der Waals surface area contributed by atoms with Crippen molar-refractivity contribution >= 4 is 26.6 Å². The Bertz CT molecular complexity index is 1550. The second-order valence-electron chi connectivity index (χ2n) is 8.57. The van der Waals surface area contributed by atoms with E-state index in [-0.39, 0.29) is 17.3 Å². The lowest BCUT2D eigenvalue weighted by molar-refractivity contribution is -0.0494. The number of nitrogens with one attached hydrogen (secondary N) is 1. The Morgan fingerprint density at radius 3 is 2.47 bits per heavy atom. The summed E-state index contributed by atoms with van der Waals surface area (Å²) >= 11 is 0. The molecule has 5 rings (SSSR count). The first-order chi connectivity index (χ1) is 17.2. The van der Waals surface area contributed by atoms with Crippen LogP contribution in [-0.2, 0) is 9.84 Å². The molecule has 0 spiro atoms. The minimum absolute atomic E-state index is 0.00471. The number of fused-ring (bicyclic) bond motifs is 1. The van der Waals surface area contributed by atoms with Crippen LogP contribution in [0.3, 0.4) is 0 Å². The quantitative estimate of drug-likeness (QED) is 0.395. The van der Waals surface area contributed by atoms with E-state index in [9.17, 15) is 26.4 Å². The highest BCUT2D eigenvalue weighted by Crippen LogP contribution is 2.38. The minimum Gasteiger partial charge on any atom is -0.434 e. The number of aromatic nitrogens is 1. The zero-order valence-corrected chi connectivity index (χ0v) is 19.6. The Balaban J connectivity index is 1.61. The van der Waals surface area contributed by atoms with Gasteiger partial charge in [-0.2, -0.15) is 8.78 Å². The number of hydrogen-bond acceptors (Lipinski definition) is 4. The molecule has 0 bridgehead atoms. The highest BCUT2D eigenvalue weighted by molar-refractivity contribution is 7.91. The number of carbonyl (C=O) groups excluding carboxylic acids is 1. The number of nitrogens with zero attached hydrogens (tertiary/aromatic N) is 1. The van der Waals surface area contributed by atoms with Crippen molar-refractivity contribution in [1.29, 1.82) is 0 Å². The molecule has 1 unspecified atom stereocenters. The summed E-state index contributed by atoms with van der Waals surface area (Å²) in [5.74, 6) is -0.909. The van der Waals surface area contributed by atoms with E-state index >= 15 is 0 Å². The van der Waals surface area contributed by atoms with Crippen LogP contribution in [0.15, 0.2) is 72.9 Å². The normalized spacial score (nSPS) is 16.9. The van der Waals surface area contributed by atoms with Crippen LogP contribution >= 0.6 is 0 Å². The third-order valence-corrected chi connectivity index (χ3v) is 7.90. The van der Waals surface area contributed by atoms with Gasteiger partial charge in [0.25, 0.3) is 5.91 Å². The van der Waals surface area contributed by atoms with Gasteiger partial charge in [-0.05, 0) is 48.9 Å². The van der Waals surface area contributed by atoms with Crippen LogP contribution in [0.2, 0.25) is 0 Å². The van der Waals surface area contributed by atoms with Crippen LogP contribution in [-0.4, -0.2) is 43.1 Å². The molecule has 1 amide bonds. The average Bonchev–Trinajstić information content (AvgIpc) is 3.38. The molecule has 3 aromatic carbocycles. The largest absolute Gasteiger partial charge is 0.434 e. The van der Waals surface area contributed by atoms with E-state index in [2.05, 4.69) is 5.32 Å². The summed E-state index contributed by atoms with van der Waals surface area (Å²) in [5.41, 5.74) is 2.49. The first-order valence-electron chi connectivity index (χ1n) is 11.2. The molecule has 1 aliphatic rings. The Morgan fingerprint density at radius 2 is 1.78 bits per heavy atom. The summed E-state index contributed by atoms with van der Waals surface area (Å²) in [4.78, 5) is 12.9. The molecular weight excluding hydrogens is 493 g/mol. The van der Waals surface area contributed by atoms with Crippen molar-refractivity contribution in [3.63, 3.8) is 0 Å². The standard InChI is InChI=1S/C26H21F3N2O4S/c27-17-6-8-19(9-7-17)31-14-22(21-3-1-2-4-24(21)35-26(28)29)20-10-5-16(13-23(20)31)25(32)30-18-11-12-36(33,34)15-18/h1-10,13-14,18,26H,11-12,15H2,(H,30,32). The summed E-state index contributed by atoms with van der Waals surface area (Å²) in [6.45, 7) is -3.01. The second-order valence-corrected chi connectivity index (χ2v) is 10.8. The smallest absolute Gasteiger partial charge is 0.387 e. The predicted octanol–water partition coefficient (Wildman–Crippen LogP) is 4.95. The molecule has 1 aromatic heterocycles. The monoisotopic (exact) mass is 514 g/mol. The number of rotatable bonds is 6. The van der Waals surface area contributed by atoms with Gasteiger partial charge < -0.3 is 14.6 Å². The number of halogens is 3. The lowest BCUT2D eigenvalue weighted by atomic mass is 10.0. The Labute approximate surface area is 205 Å². The van der Waals surface area contributed by atoms with Crippen molar-refractivity contribution < 1.29 is 31.1 Å². The minimum atomic E-state index is -3.16. The van der Waals surface area contributed by atoms with Crippen LogP contribution in [0.25, 0.3) is 27.7 Å².